The monoisotopic (exact) mass is 555 g/mol. The number of halogens is 1. The van der Waals surface area contributed by atoms with Crippen LogP contribution >= 0.6 is 0 Å². The van der Waals surface area contributed by atoms with E-state index in [0.717, 1.165) is 10.9 Å². The smallest absolute Gasteiger partial charge is 0.333 e. The number of benzene rings is 2. The second-order valence-corrected chi connectivity index (χ2v) is 10.8. The number of ketones is 1. The molecule has 0 aliphatic heterocycles. The lowest BCUT2D eigenvalue weighted by Gasteiger charge is -2.17. The Morgan fingerprint density at radius 3 is 2.62 bits per heavy atom. The summed E-state index contributed by atoms with van der Waals surface area (Å²) in [7, 11) is -4.19. The molecule has 204 valence electrons. The number of carbonyl (C=O) groups excluding carboxylic acids is 1. The van der Waals surface area contributed by atoms with E-state index in [2.05, 4.69) is 19.2 Å². The molecular formula is C26H26FN5O6S. The Bertz CT molecular complexity index is 1630. The summed E-state index contributed by atoms with van der Waals surface area (Å²) in [6, 6.07) is 11.8. The van der Waals surface area contributed by atoms with Gasteiger partial charge in [-0.05, 0) is 41.8 Å². The zero-order chi connectivity index (χ0) is 27.7. The molecule has 0 bridgehead atoms. The molecule has 5 rings (SSSR count). The molecule has 4 atom stereocenters. The van der Waals surface area contributed by atoms with Crippen LogP contribution in [0.2, 0.25) is 0 Å². The minimum Gasteiger partial charge on any atom is -0.390 e. The van der Waals surface area contributed by atoms with Crippen molar-refractivity contribution in [2.24, 2.45) is 17.0 Å². The number of fused-ring (bicyclic) bond motifs is 1. The molecular weight excluding hydrogens is 529 g/mol. The van der Waals surface area contributed by atoms with Gasteiger partial charge >= 0.3 is 10.3 Å². The molecule has 13 heteroatoms. The average Bonchev–Trinajstić information content (AvgIpc) is 3.49. The highest BCUT2D eigenvalue weighted by Crippen LogP contribution is 2.35. The topological polar surface area (TPSA) is 171 Å². The fourth-order valence-electron chi connectivity index (χ4n) is 5.08. The quantitative estimate of drug-likeness (QED) is 0.258. The minimum atomic E-state index is -4.19. The fraction of sp³-hybridized carbons (Fsp3) is 0.308. The molecule has 0 saturated heterocycles. The number of aromatic nitrogens is 4. The van der Waals surface area contributed by atoms with Crippen LogP contribution in [0.15, 0.2) is 61.2 Å². The third-order valence-corrected chi connectivity index (χ3v) is 7.49. The number of rotatable bonds is 9. The normalized spacial score (nSPS) is 21.4. The molecule has 1 fully saturated rings. The van der Waals surface area contributed by atoms with Crippen molar-refractivity contribution in [3.63, 3.8) is 0 Å². The molecule has 2 heterocycles. The number of nitrogens with two attached hydrogens (primary N) is 1. The summed E-state index contributed by atoms with van der Waals surface area (Å²) in [4.78, 5) is 21.6. The van der Waals surface area contributed by atoms with Gasteiger partial charge in [0.15, 0.2) is 0 Å². The van der Waals surface area contributed by atoms with Gasteiger partial charge in [-0.15, -0.1) is 0 Å². The summed E-state index contributed by atoms with van der Waals surface area (Å²) in [5.41, 5.74) is 1.55. The number of hydrogen-bond donors (Lipinski definition) is 3. The maximum atomic E-state index is 14.2. The van der Waals surface area contributed by atoms with Crippen LogP contribution in [0.3, 0.4) is 0 Å². The molecule has 11 nitrogen and oxygen atoms in total. The standard InChI is InChI=1S/C26H26FN5O6S/c27-21-6-5-15(18-3-1-2-4-19(18)21)12-32-8-7-22(31-32)26(35)20-11-29-14-30-23(20)10-16-9-17(25(34)24(16)33)13-38-39(28,36)37/h1-8,11,14,16-17,24-25,33-34H,9-10,12-13H2,(H2,28,36,37)/t16-,17+,24-,25+/m0/s1. The van der Waals surface area contributed by atoms with E-state index in [4.69, 9.17) is 5.14 Å². The fourth-order valence-corrected chi connectivity index (χ4v) is 5.44. The van der Waals surface area contributed by atoms with Gasteiger partial charge < -0.3 is 10.2 Å². The summed E-state index contributed by atoms with van der Waals surface area (Å²) in [5.74, 6) is -1.91. The van der Waals surface area contributed by atoms with Crippen molar-refractivity contribution < 1.29 is 32.0 Å². The largest absolute Gasteiger partial charge is 0.390 e. The molecule has 4 aromatic rings. The van der Waals surface area contributed by atoms with Crippen molar-refractivity contribution in [1.29, 1.82) is 0 Å². The van der Waals surface area contributed by atoms with Gasteiger partial charge in [-0.2, -0.15) is 13.5 Å². The highest BCUT2D eigenvalue weighted by Gasteiger charge is 2.42. The molecule has 0 radical (unpaired) electrons. The van der Waals surface area contributed by atoms with Crippen LogP contribution in [0, 0.1) is 17.7 Å². The zero-order valence-corrected chi connectivity index (χ0v) is 21.4. The number of aliphatic hydroxyl groups excluding tert-OH is 2. The van der Waals surface area contributed by atoms with Crippen LogP contribution in [0.4, 0.5) is 4.39 Å². The van der Waals surface area contributed by atoms with Crippen LogP contribution in [0.5, 0.6) is 0 Å². The predicted octanol–water partition coefficient (Wildman–Crippen LogP) is 1.37. The van der Waals surface area contributed by atoms with Crippen molar-refractivity contribution >= 4 is 26.9 Å². The second-order valence-electron chi connectivity index (χ2n) is 9.58. The highest BCUT2D eigenvalue weighted by atomic mass is 32.2. The van der Waals surface area contributed by atoms with Gasteiger partial charge in [0.25, 0.3) is 0 Å². The first-order valence-corrected chi connectivity index (χ1v) is 13.6. The molecule has 0 unspecified atom stereocenters. The minimum absolute atomic E-state index is 0.135. The average molecular weight is 556 g/mol. The van der Waals surface area contributed by atoms with Crippen molar-refractivity contribution in [2.75, 3.05) is 6.61 Å². The highest BCUT2D eigenvalue weighted by molar-refractivity contribution is 7.84. The van der Waals surface area contributed by atoms with Gasteiger partial charge in [0.05, 0.1) is 36.6 Å². The number of hydrogen-bond acceptors (Lipinski definition) is 9. The Kier molecular flexibility index (Phi) is 7.51. The van der Waals surface area contributed by atoms with E-state index >= 15 is 0 Å². The van der Waals surface area contributed by atoms with Crippen LogP contribution in [0.25, 0.3) is 10.8 Å². The van der Waals surface area contributed by atoms with Crippen LogP contribution in [0.1, 0.15) is 33.7 Å². The molecule has 2 aromatic carbocycles. The Morgan fingerprint density at radius 2 is 1.85 bits per heavy atom. The van der Waals surface area contributed by atoms with Gasteiger partial charge in [0.1, 0.15) is 17.8 Å². The van der Waals surface area contributed by atoms with Crippen molar-refractivity contribution in [3.8, 4) is 0 Å². The number of carbonyl (C=O) groups is 1. The Labute approximate surface area is 223 Å². The lowest BCUT2D eigenvalue weighted by Crippen LogP contribution is -2.31. The van der Waals surface area contributed by atoms with Crippen molar-refractivity contribution in [2.45, 2.75) is 31.6 Å². The maximum Gasteiger partial charge on any atom is 0.333 e. The summed E-state index contributed by atoms with van der Waals surface area (Å²) in [6.07, 6.45) is 2.27. The first-order valence-electron chi connectivity index (χ1n) is 12.2. The van der Waals surface area contributed by atoms with E-state index in [0.29, 0.717) is 17.6 Å². The third-order valence-electron chi connectivity index (χ3n) is 7.03. The maximum absolute atomic E-state index is 14.2. The summed E-state index contributed by atoms with van der Waals surface area (Å²) in [5, 5.41) is 31.4. The second kappa shape index (κ2) is 10.9. The molecule has 39 heavy (non-hydrogen) atoms. The lowest BCUT2D eigenvalue weighted by atomic mass is 9.95. The van der Waals surface area contributed by atoms with E-state index < -0.39 is 40.1 Å². The van der Waals surface area contributed by atoms with Crippen LogP contribution < -0.4 is 5.14 Å². The molecule has 0 amide bonds. The van der Waals surface area contributed by atoms with Gasteiger partial charge in [0, 0.05) is 23.7 Å². The Balaban J connectivity index is 1.32. The first kappa shape index (κ1) is 27.0. The SMILES string of the molecule is NS(=O)(=O)OC[C@H]1C[C@@H](Cc2ncncc2C(=O)c2ccn(Cc3ccc(F)c4ccccc34)n2)[C@H](O)[C@@H]1O. The van der Waals surface area contributed by atoms with Crippen molar-refractivity contribution in [1.82, 2.24) is 19.7 Å². The zero-order valence-electron chi connectivity index (χ0n) is 20.6. The third kappa shape index (κ3) is 5.87. The van der Waals surface area contributed by atoms with E-state index in [9.17, 15) is 27.8 Å². The number of nitrogens with zero attached hydrogens (tertiary/aromatic N) is 4. The first-order chi connectivity index (χ1) is 18.6. The van der Waals surface area contributed by atoms with E-state index in [-0.39, 0.29) is 36.5 Å². The summed E-state index contributed by atoms with van der Waals surface area (Å²) >= 11 is 0. The van der Waals surface area contributed by atoms with Crippen LogP contribution in [-0.2, 0) is 27.5 Å². The molecule has 2 aromatic heterocycles. The van der Waals surface area contributed by atoms with Gasteiger partial charge in [-0.25, -0.2) is 19.5 Å². The van der Waals surface area contributed by atoms with E-state index in [1.807, 2.05) is 12.1 Å². The predicted molar refractivity (Wildman–Crippen MR) is 137 cm³/mol. The van der Waals surface area contributed by atoms with Gasteiger partial charge in [-0.1, -0.05) is 30.3 Å². The molecule has 0 spiro atoms. The molecule has 4 N–H and O–H groups in total. The van der Waals surface area contributed by atoms with Crippen molar-refractivity contribution in [3.05, 3.63) is 89.5 Å². The van der Waals surface area contributed by atoms with Gasteiger partial charge in [-0.3, -0.25) is 13.7 Å². The lowest BCUT2D eigenvalue weighted by molar-refractivity contribution is -0.00334. The van der Waals surface area contributed by atoms with Gasteiger partial charge in [0.2, 0.25) is 5.78 Å². The summed E-state index contributed by atoms with van der Waals surface area (Å²) < 4.78 is 42.6. The Morgan fingerprint density at radius 1 is 1.10 bits per heavy atom. The van der Waals surface area contributed by atoms with E-state index in [1.54, 1.807) is 35.1 Å². The Hall–Kier alpha value is -3.62. The van der Waals surface area contributed by atoms with Crippen LogP contribution in [-0.4, -0.2) is 63.0 Å². The molecule has 1 saturated carbocycles. The number of aliphatic hydroxyl groups is 2. The molecule has 1 aliphatic rings. The van der Waals surface area contributed by atoms with E-state index in [1.165, 1.54) is 18.6 Å². The molecule has 1 aliphatic carbocycles. The summed E-state index contributed by atoms with van der Waals surface area (Å²) in [6.45, 7) is -0.0513.